The molecule has 1 N–H and O–H groups in total. The summed E-state index contributed by atoms with van der Waals surface area (Å²) in [6, 6.07) is 7.69. The fraction of sp³-hybridized carbons (Fsp3) is 0.412. The van der Waals surface area contributed by atoms with Gasteiger partial charge in [-0.25, -0.2) is 4.98 Å². The molecule has 0 saturated carbocycles. The molecular formula is C17H19ClN4O2S. The molecule has 1 aliphatic heterocycles. The molecule has 8 heteroatoms. The first-order chi connectivity index (χ1) is 12.2. The number of hydrogen-bond donors (Lipinski definition) is 1. The SMILES string of the molecule is CCc1nc2sc(C(c3cccc(Cl)c3)N3CCOCC3)c(O)n2n1. The fourth-order valence-electron chi connectivity index (χ4n) is 3.16. The second-order valence-electron chi connectivity index (χ2n) is 5.97. The third-order valence-electron chi connectivity index (χ3n) is 4.38. The first kappa shape index (κ1) is 16.8. The maximum absolute atomic E-state index is 10.8. The van der Waals surface area contributed by atoms with Crippen molar-refractivity contribution in [3.8, 4) is 5.88 Å². The van der Waals surface area contributed by atoms with Gasteiger partial charge in [-0.3, -0.25) is 4.90 Å². The molecule has 1 aliphatic rings. The maximum Gasteiger partial charge on any atom is 0.230 e. The number of aromatic nitrogens is 3. The first-order valence-corrected chi connectivity index (χ1v) is 9.51. The summed E-state index contributed by atoms with van der Waals surface area (Å²) in [5.74, 6) is 0.891. The molecular weight excluding hydrogens is 360 g/mol. The number of fused-ring (bicyclic) bond motifs is 1. The summed E-state index contributed by atoms with van der Waals surface area (Å²) in [5.41, 5.74) is 1.05. The highest BCUT2D eigenvalue weighted by Gasteiger charge is 2.30. The molecule has 0 amide bonds. The van der Waals surface area contributed by atoms with Gasteiger partial charge in [0.15, 0.2) is 5.82 Å². The molecule has 6 nitrogen and oxygen atoms in total. The Hall–Kier alpha value is -1.67. The molecule has 1 fully saturated rings. The average Bonchev–Trinajstić information content (AvgIpc) is 3.16. The normalized spacial score (nSPS) is 17.2. The van der Waals surface area contributed by atoms with E-state index >= 15 is 0 Å². The number of morpholine rings is 1. The first-order valence-electron chi connectivity index (χ1n) is 8.32. The van der Waals surface area contributed by atoms with Crippen molar-refractivity contribution in [3.63, 3.8) is 0 Å². The largest absolute Gasteiger partial charge is 0.492 e. The number of benzene rings is 1. The molecule has 0 aliphatic carbocycles. The lowest BCUT2D eigenvalue weighted by atomic mass is 10.0. The highest BCUT2D eigenvalue weighted by atomic mass is 35.5. The van der Waals surface area contributed by atoms with Crippen molar-refractivity contribution < 1.29 is 9.84 Å². The Morgan fingerprint density at radius 3 is 2.84 bits per heavy atom. The van der Waals surface area contributed by atoms with E-state index in [1.165, 1.54) is 15.9 Å². The van der Waals surface area contributed by atoms with Crippen LogP contribution in [0.15, 0.2) is 24.3 Å². The Labute approximate surface area is 154 Å². The van der Waals surface area contributed by atoms with Gasteiger partial charge < -0.3 is 9.84 Å². The van der Waals surface area contributed by atoms with E-state index in [4.69, 9.17) is 16.3 Å². The number of aromatic hydroxyl groups is 1. The molecule has 0 radical (unpaired) electrons. The molecule has 1 unspecified atom stereocenters. The zero-order valence-corrected chi connectivity index (χ0v) is 15.4. The summed E-state index contributed by atoms with van der Waals surface area (Å²) in [4.78, 5) is 8.35. The summed E-state index contributed by atoms with van der Waals surface area (Å²) in [6.07, 6.45) is 0.740. The van der Waals surface area contributed by atoms with Crippen molar-refractivity contribution in [1.82, 2.24) is 19.5 Å². The second kappa shape index (κ2) is 6.92. The predicted octanol–water partition coefficient (Wildman–Crippen LogP) is 3.13. The van der Waals surface area contributed by atoms with Crippen LogP contribution in [0.3, 0.4) is 0 Å². The zero-order valence-electron chi connectivity index (χ0n) is 13.9. The minimum absolute atomic E-state index is 0.0961. The van der Waals surface area contributed by atoms with Gasteiger partial charge in [0.25, 0.3) is 0 Å². The van der Waals surface area contributed by atoms with Crippen molar-refractivity contribution in [2.75, 3.05) is 26.3 Å². The lowest BCUT2D eigenvalue weighted by Gasteiger charge is -2.34. The van der Waals surface area contributed by atoms with E-state index in [1.807, 2.05) is 31.2 Å². The number of hydrogen-bond acceptors (Lipinski definition) is 6. The number of halogens is 1. The summed E-state index contributed by atoms with van der Waals surface area (Å²) >= 11 is 7.70. The quantitative estimate of drug-likeness (QED) is 0.755. The van der Waals surface area contributed by atoms with E-state index < -0.39 is 0 Å². The maximum atomic E-state index is 10.8. The van der Waals surface area contributed by atoms with Crippen LogP contribution in [-0.4, -0.2) is 50.9 Å². The van der Waals surface area contributed by atoms with E-state index in [1.54, 1.807) is 0 Å². The van der Waals surface area contributed by atoms with Gasteiger partial charge in [-0.15, -0.1) is 5.10 Å². The Morgan fingerprint density at radius 1 is 1.36 bits per heavy atom. The molecule has 132 valence electrons. The minimum Gasteiger partial charge on any atom is -0.492 e. The molecule has 3 aromatic rings. The number of thiazole rings is 1. The second-order valence-corrected chi connectivity index (χ2v) is 7.42. The van der Waals surface area contributed by atoms with Gasteiger partial charge in [0.05, 0.1) is 24.1 Å². The fourth-order valence-corrected chi connectivity index (χ4v) is 4.49. The van der Waals surface area contributed by atoms with Crippen LogP contribution >= 0.6 is 22.9 Å². The van der Waals surface area contributed by atoms with Crippen LogP contribution < -0.4 is 0 Å². The van der Waals surface area contributed by atoms with E-state index in [0.29, 0.717) is 23.2 Å². The average molecular weight is 379 g/mol. The molecule has 0 spiro atoms. The summed E-state index contributed by atoms with van der Waals surface area (Å²) in [5, 5.41) is 15.9. The molecule has 25 heavy (non-hydrogen) atoms. The summed E-state index contributed by atoms with van der Waals surface area (Å²) in [7, 11) is 0. The monoisotopic (exact) mass is 378 g/mol. The van der Waals surface area contributed by atoms with Crippen LogP contribution in [0.4, 0.5) is 0 Å². The summed E-state index contributed by atoms with van der Waals surface area (Å²) < 4.78 is 7.03. The predicted molar refractivity (Wildman–Crippen MR) is 97.6 cm³/mol. The van der Waals surface area contributed by atoms with Crippen molar-refractivity contribution >= 4 is 27.9 Å². The van der Waals surface area contributed by atoms with Crippen LogP contribution in [0, 0.1) is 0 Å². The highest BCUT2D eigenvalue weighted by molar-refractivity contribution is 7.17. The molecule has 1 saturated heterocycles. The Balaban J connectivity index is 1.82. The van der Waals surface area contributed by atoms with Crippen molar-refractivity contribution in [2.24, 2.45) is 0 Å². The zero-order chi connectivity index (χ0) is 17.4. The van der Waals surface area contributed by atoms with Gasteiger partial charge in [-0.1, -0.05) is 42.0 Å². The van der Waals surface area contributed by atoms with E-state index in [2.05, 4.69) is 15.0 Å². The Kier molecular flexibility index (Phi) is 4.64. The number of rotatable bonds is 4. The van der Waals surface area contributed by atoms with E-state index in [0.717, 1.165) is 35.8 Å². The third-order valence-corrected chi connectivity index (χ3v) is 5.69. The third kappa shape index (κ3) is 3.13. The lowest BCUT2D eigenvalue weighted by molar-refractivity contribution is 0.0241. The van der Waals surface area contributed by atoms with E-state index in [-0.39, 0.29) is 11.9 Å². The Morgan fingerprint density at radius 2 is 2.16 bits per heavy atom. The van der Waals surface area contributed by atoms with Crippen molar-refractivity contribution in [3.05, 3.63) is 45.6 Å². The smallest absolute Gasteiger partial charge is 0.230 e. The number of aryl methyl sites for hydroxylation is 1. The lowest BCUT2D eigenvalue weighted by Crippen LogP contribution is -2.39. The molecule has 1 aromatic carbocycles. The van der Waals surface area contributed by atoms with Gasteiger partial charge in [0.2, 0.25) is 10.8 Å². The molecule has 1 atom stereocenters. The summed E-state index contributed by atoms with van der Waals surface area (Å²) in [6.45, 7) is 4.95. The standard InChI is InChI=1S/C17H19ClN4O2S/c1-2-13-19-17-22(20-13)16(23)15(25-17)14(21-6-8-24-9-7-21)11-4-3-5-12(18)10-11/h3-5,10,14,23H,2,6-9H2,1H3. The molecule has 0 bridgehead atoms. The van der Waals surface area contributed by atoms with Crippen molar-refractivity contribution in [1.29, 1.82) is 0 Å². The van der Waals surface area contributed by atoms with Crippen molar-refractivity contribution in [2.45, 2.75) is 19.4 Å². The highest BCUT2D eigenvalue weighted by Crippen LogP contribution is 2.40. The number of ether oxygens (including phenoxy) is 1. The van der Waals surface area contributed by atoms with Crippen LogP contribution in [0.1, 0.15) is 29.2 Å². The molecule has 4 rings (SSSR count). The number of nitrogens with zero attached hydrogens (tertiary/aromatic N) is 4. The van der Waals surface area contributed by atoms with E-state index in [9.17, 15) is 5.11 Å². The van der Waals surface area contributed by atoms with Crippen LogP contribution in [0.5, 0.6) is 5.88 Å². The van der Waals surface area contributed by atoms with Crippen LogP contribution in [0.2, 0.25) is 5.02 Å². The van der Waals surface area contributed by atoms with Gasteiger partial charge in [0.1, 0.15) is 0 Å². The Bertz CT molecular complexity index is 888. The minimum atomic E-state index is -0.0961. The topological polar surface area (TPSA) is 62.9 Å². The van der Waals surface area contributed by atoms with Crippen LogP contribution in [-0.2, 0) is 11.2 Å². The van der Waals surface area contributed by atoms with Crippen LogP contribution in [0.25, 0.3) is 4.96 Å². The van der Waals surface area contributed by atoms with Gasteiger partial charge in [-0.05, 0) is 17.7 Å². The molecule has 2 aromatic heterocycles. The molecule has 3 heterocycles. The van der Waals surface area contributed by atoms with Gasteiger partial charge in [0, 0.05) is 24.5 Å². The van der Waals surface area contributed by atoms with Gasteiger partial charge >= 0.3 is 0 Å². The van der Waals surface area contributed by atoms with Gasteiger partial charge in [-0.2, -0.15) is 4.52 Å².